The van der Waals surface area contributed by atoms with Gasteiger partial charge in [0, 0.05) is 18.6 Å². The molecule has 1 amide bonds. The summed E-state index contributed by atoms with van der Waals surface area (Å²) in [6.07, 6.45) is 0.916. The molecule has 0 spiro atoms. The van der Waals surface area contributed by atoms with E-state index in [1.54, 1.807) is 24.3 Å². The molecular weight excluding hydrogens is 348 g/mol. The number of aromatic nitrogens is 3. The monoisotopic (exact) mass is 368 g/mol. The fourth-order valence-electron chi connectivity index (χ4n) is 1.86. The standard InChI is InChI=1S/C16H21ClN4O2S/c1-4-9-18-15(22)11(2)24-16-20-19-14(21(16)3)10-23-13-7-5-12(17)6-8-13/h5-8,11H,4,9-10H2,1-3H3,(H,18,22). The highest BCUT2D eigenvalue weighted by atomic mass is 35.5. The second kappa shape index (κ2) is 8.94. The van der Waals surface area contributed by atoms with E-state index in [4.69, 9.17) is 16.3 Å². The van der Waals surface area contributed by atoms with Crippen LogP contribution in [0, 0.1) is 0 Å². The van der Waals surface area contributed by atoms with Gasteiger partial charge in [-0.1, -0.05) is 30.3 Å². The van der Waals surface area contributed by atoms with E-state index in [-0.39, 0.29) is 11.2 Å². The Morgan fingerprint density at radius 3 is 2.75 bits per heavy atom. The van der Waals surface area contributed by atoms with E-state index in [0.717, 1.165) is 6.42 Å². The summed E-state index contributed by atoms with van der Waals surface area (Å²) in [6, 6.07) is 7.14. The molecule has 8 heteroatoms. The Morgan fingerprint density at radius 2 is 2.08 bits per heavy atom. The molecule has 1 N–H and O–H groups in total. The van der Waals surface area contributed by atoms with Crippen molar-refractivity contribution in [1.29, 1.82) is 0 Å². The van der Waals surface area contributed by atoms with Gasteiger partial charge in [-0.3, -0.25) is 4.79 Å². The number of hydrogen-bond acceptors (Lipinski definition) is 5. The maximum atomic E-state index is 11.9. The van der Waals surface area contributed by atoms with Crippen LogP contribution in [0.2, 0.25) is 5.02 Å². The van der Waals surface area contributed by atoms with Gasteiger partial charge in [0.05, 0.1) is 5.25 Å². The largest absolute Gasteiger partial charge is 0.486 e. The third kappa shape index (κ3) is 5.14. The predicted octanol–water partition coefficient (Wildman–Crippen LogP) is 3.05. The molecule has 1 unspecified atom stereocenters. The fraction of sp³-hybridized carbons (Fsp3) is 0.438. The van der Waals surface area contributed by atoms with Gasteiger partial charge < -0.3 is 14.6 Å². The van der Waals surface area contributed by atoms with E-state index < -0.39 is 0 Å². The highest BCUT2D eigenvalue weighted by molar-refractivity contribution is 8.00. The Hall–Kier alpha value is -1.73. The summed E-state index contributed by atoms with van der Waals surface area (Å²) in [5.74, 6) is 1.40. The van der Waals surface area contributed by atoms with Gasteiger partial charge in [-0.25, -0.2) is 0 Å². The van der Waals surface area contributed by atoms with Crippen LogP contribution in [0.3, 0.4) is 0 Å². The molecule has 0 aliphatic carbocycles. The number of benzene rings is 1. The number of carbonyl (C=O) groups excluding carboxylic acids is 1. The van der Waals surface area contributed by atoms with Crippen molar-refractivity contribution in [3.63, 3.8) is 0 Å². The van der Waals surface area contributed by atoms with Gasteiger partial charge >= 0.3 is 0 Å². The minimum absolute atomic E-state index is 0.00353. The van der Waals surface area contributed by atoms with Crippen molar-refractivity contribution in [2.75, 3.05) is 6.54 Å². The van der Waals surface area contributed by atoms with Crippen molar-refractivity contribution >= 4 is 29.3 Å². The molecule has 0 saturated heterocycles. The molecule has 130 valence electrons. The van der Waals surface area contributed by atoms with Crippen molar-refractivity contribution < 1.29 is 9.53 Å². The van der Waals surface area contributed by atoms with Crippen LogP contribution >= 0.6 is 23.4 Å². The zero-order valence-electron chi connectivity index (χ0n) is 14.0. The maximum Gasteiger partial charge on any atom is 0.233 e. The summed E-state index contributed by atoms with van der Waals surface area (Å²) >= 11 is 7.22. The second-order valence-corrected chi connectivity index (χ2v) is 7.00. The van der Waals surface area contributed by atoms with Crippen molar-refractivity contribution in [2.45, 2.75) is 37.3 Å². The number of rotatable bonds is 8. The summed E-state index contributed by atoms with van der Waals surface area (Å²) < 4.78 is 7.51. The van der Waals surface area contributed by atoms with Gasteiger partial charge in [-0.05, 0) is 37.6 Å². The molecule has 1 atom stereocenters. The first-order valence-corrected chi connectivity index (χ1v) is 8.98. The lowest BCUT2D eigenvalue weighted by atomic mass is 10.3. The smallest absolute Gasteiger partial charge is 0.233 e. The van der Waals surface area contributed by atoms with E-state index in [9.17, 15) is 4.79 Å². The molecule has 0 aliphatic rings. The van der Waals surface area contributed by atoms with Crippen LogP contribution in [0.5, 0.6) is 5.75 Å². The summed E-state index contributed by atoms with van der Waals surface area (Å²) in [4.78, 5) is 11.9. The van der Waals surface area contributed by atoms with Gasteiger partial charge in [0.25, 0.3) is 0 Å². The lowest BCUT2D eigenvalue weighted by Crippen LogP contribution is -2.31. The first kappa shape index (κ1) is 18.6. The second-order valence-electron chi connectivity index (χ2n) is 5.25. The minimum atomic E-state index is -0.232. The molecule has 1 aromatic carbocycles. The van der Waals surface area contributed by atoms with E-state index in [0.29, 0.717) is 34.9 Å². The Balaban J connectivity index is 1.92. The Bertz CT molecular complexity index is 675. The number of hydrogen-bond donors (Lipinski definition) is 1. The summed E-state index contributed by atoms with van der Waals surface area (Å²) in [7, 11) is 1.86. The van der Waals surface area contributed by atoms with Crippen LogP contribution in [-0.2, 0) is 18.4 Å². The topological polar surface area (TPSA) is 69.0 Å². The minimum Gasteiger partial charge on any atom is -0.486 e. The Morgan fingerprint density at radius 1 is 1.38 bits per heavy atom. The van der Waals surface area contributed by atoms with E-state index >= 15 is 0 Å². The SMILES string of the molecule is CCCNC(=O)C(C)Sc1nnc(COc2ccc(Cl)cc2)n1C. The van der Waals surface area contributed by atoms with E-state index in [1.807, 2.05) is 25.5 Å². The molecule has 1 heterocycles. The molecule has 0 saturated carbocycles. The molecule has 6 nitrogen and oxygen atoms in total. The average Bonchev–Trinajstić information content (AvgIpc) is 2.92. The first-order valence-electron chi connectivity index (χ1n) is 7.72. The van der Waals surface area contributed by atoms with E-state index in [1.165, 1.54) is 11.8 Å². The third-order valence-corrected chi connectivity index (χ3v) is 4.69. The van der Waals surface area contributed by atoms with Crippen LogP contribution in [-0.4, -0.2) is 32.5 Å². The molecule has 2 aromatic rings. The zero-order chi connectivity index (χ0) is 17.5. The normalized spacial score (nSPS) is 12.0. The average molecular weight is 369 g/mol. The number of nitrogens with zero attached hydrogens (tertiary/aromatic N) is 3. The van der Waals surface area contributed by atoms with Crippen LogP contribution < -0.4 is 10.1 Å². The lowest BCUT2D eigenvalue weighted by Gasteiger charge is -2.11. The van der Waals surface area contributed by atoms with Gasteiger partial charge in [0.15, 0.2) is 11.0 Å². The molecule has 0 radical (unpaired) electrons. The van der Waals surface area contributed by atoms with Crippen LogP contribution in [0.25, 0.3) is 0 Å². The fourth-order valence-corrected chi connectivity index (χ4v) is 2.84. The molecule has 0 fully saturated rings. The molecule has 0 bridgehead atoms. The molecular formula is C16H21ClN4O2S. The van der Waals surface area contributed by atoms with Crippen LogP contribution in [0.4, 0.5) is 0 Å². The third-order valence-electron chi connectivity index (χ3n) is 3.31. The van der Waals surface area contributed by atoms with Crippen molar-refractivity contribution in [2.24, 2.45) is 7.05 Å². The first-order chi connectivity index (χ1) is 11.5. The summed E-state index contributed by atoms with van der Waals surface area (Å²) in [6.45, 7) is 4.85. The van der Waals surface area contributed by atoms with Crippen LogP contribution in [0.15, 0.2) is 29.4 Å². The van der Waals surface area contributed by atoms with Gasteiger partial charge in [-0.2, -0.15) is 0 Å². The number of carbonyl (C=O) groups is 1. The van der Waals surface area contributed by atoms with Crippen molar-refractivity contribution in [1.82, 2.24) is 20.1 Å². The van der Waals surface area contributed by atoms with Crippen molar-refractivity contribution in [3.05, 3.63) is 35.1 Å². The highest BCUT2D eigenvalue weighted by Crippen LogP contribution is 2.22. The molecule has 2 rings (SSSR count). The summed E-state index contributed by atoms with van der Waals surface area (Å²) in [5.41, 5.74) is 0. The van der Waals surface area contributed by atoms with Crippen LogP contribution in [0.1, 0.15) is 26.1 Å². The Labute approximate surface area is 150 Å². The number of amides is 1. The maximum absolute atomic E-state index is 11.9. The molecule has 24 heavy (non-hydrogen) atoms. The van der Waals surface area contributed by atoms with Gasteiger partial charge in [-0.15, -0.1) is 10.2 Å². The van der Waals surface area contributed by atoms with Gasteiger partial charge in [0.1, 0.15) is 12.4 Å². The zero-order valence-corrected chi connectivity index (χ0v) is 15.5. The number of nitrogens with one attached hydrogen (secondary N) is 1. The van der Waals surface area contributed by atoms with Gasteiger partial charge in [0.2, 0.25) is 5.91 Å². The number of thioether (sulfide) groups is 1. The van der Waals surface area contributed by atoms with Crippen molar-refractivity contribution in [3.8, 4) is 5.75 Å². The summed E-state index contributed by atoms with van der Waals surface area (Å²) in [5, 5.41) is 12.3. The number of halogens is 1. The molecule has 0 aliphatic heterocycles. The highest BCUT2D eigenvalue weighted by Gasteiger charge is 2.18. The van der Waals surface area contributed by atoms with E-state index in [2.05, 4.69) is 15.5 Å². The predicted molar refractivity (Wildman–Crippen MR) is 95.4 cm³/mol. The number of ether oxygens (including phenoxy) is 1. The Kier molecular flexibility index (Phi) is 6.93. The quantitative estimate of drug-likeness (QED) is 0.725. The lowest BCUT2D eigenvalue weighted by molar-refractivity contribution is -0.120. The molecule has 1 aromatic heterocycles.